The lowest BCUT2D eigenvalue weighted by Gasteiger charge is -2.31. The molecule has 1 N–H and O–H groups in total. The van der Waals surface area contributed by atoms with E-state index in [1.165, 1.54) is 5.69 Å². The van der Waals surface area contributed by atoms with E-state index >= 15 is 0 Å². The second-order valence-electron chi connectivity index (χ2n) is 6.32. The van der Waals surface area contributed by atoms with Crippen molar-refractivity contribution in [1.29, 1.82) is 0 Å². The Bertz CT molecular complexity index is 631. The Kier molecular flexibility index (Phi) is 3.44. The molecule has 0 atom stereocenters. The van der Waals surface area contributed by atoms with Crippen LogP contribution in [-0.4, -0.2) is 43.6 Å². The molecule has 1 amide bonds. The SMILES string of the molecule is O=C(c1cc2n(n1)CCC2)N1CCC(Cc2ncc[nH]2)CC1. The number of nitrogens with zero attached hydrogens (tertiary/aromatic N) is 4. The largest absolute Gasteiger partial charge is 0.349 e. The normalized spacial score (nSPS) is 18.6. The average molecular weight is 299 g/mol. The van der Waals surface area contributed by atoms with Crippen LogP contribution in [0.2, 0.25) is 0 Å². The lowest BCUT2D eigenvalue weighted by Crippen LogP contribution is -2.39. The van der Waals surface area contributed by atoms with Crippen molar-refractivity contribution in [3.63, 3.8) is 0 Å². The predicted octanol–water partition coefficient (Wildman–Crippen LogP) is 1.65. The van der Waals surface area contributed by atoms with Crippen LogP contribution in [0.1, 0.15) is 41.3 Å². The van der Waals surface area contributed by atoms with Gasteiger partial charge in [0.1, 0.15) is 5.82 Å². The van der Waals surface area contributed by atoms with Gasteiger partial charge >= 0.3 is 0 Å². The highest BCUT2D eigenvalue weighted by Gasteiger charge is 2.27. The molecule has 1 saturated heterocycles. The van der Waals surface area contributed by atoms with Crippen LogP contribution in [0, 0.1) is 5.92 Å². The summed E-state index contributed by atoms with van der Waals surface area (Å²) in [6.07, 6.45) is 8.92. The monoisotopic (exact) mass is 299 g/mol. The third-order valence-corrected chi connectivity index (χ3v) is 4.82. The summed E-state index contributed by atoms with van der Waals surface area (Å²) in [5.74, 6) is 1.76. The first kappa shape index (κ1) is 13.5. The Morgan fingerprint density at radius 1 is 1.32 bits per heavy atom. The maximum Gasteiger partial charge on any atom is 0.274 e. The van der Waals surface area contributed by atoms with Crippen LogP contribution < -0.4 is 0 Å². The van der Waals surface area contributed by atoms with Gasteiger partial charge in [-0.15, -0.1) is 0 Å². The van der Waals surface area contributed by atoms with Crippen molar-refractivity contribution in [3.8, 4) is 0 Å². The summed E-state index contributed by atoms with van der Waals surface area (Å²) in [6, 6.07) is 1.98. The first-order valence-electron chi connectivity index (χ1n) is 8.14. The van der Waals surface area contributed by atoms with E-state index in [-0.39, 0.29) is 5.91 Å². The molecule has 1 fully saturated rings. The number of hydrogen-bond acceptors (Lipinski definition) is 3. The maximum atomic E-state index is 12.6. The summed E-state index contributed by atoms with van der Waals surface area (Å²) in [5, 5.41) is 4.46. The zero-order valence-electron chi connectivity index (χ0n) is 12.7. The Morgan fingerprint density at radius 2 is 2.18 bits per heavy atom. The first-order valence-corrected chi connectivity index (χ1v) is 8.14. The number of nitrogens with one attached hydrogen (secondary N) is 1. The van der Waals surface area contributed by atoms with E-state index in [9.17, 15) is 4.79 Å². The zero-order chi connectivity index (χ0) is 14.9. The highest BCUT2D eigenvalue weighted by Crippen LogP contribution is 2.22. The summed E-state index contributed by atoms with van der Waals surface area (Å²) < 4.78 is 1.98. The number of aryl methyl sites for hydroxylation is 2. The van der Waals surface area contributed by atoms with E-state index in [1.807, 2.05) is 21.8 Å². The Morgan fingerprint density at radius 3 is 2.91 bits per heavy atom. The number of carbonyl (C=O) groups excluding carboxylic acids is 1. The lowest BCUT2D eigenvalue weighted by molar-refractivity contribution is 0.0683. The van der Waals surface area contributed by atoms with Crippen molar-refractivity contribution < 1.29 is 4.79 Å². The summed E-state index contributed by atoms with van der Waals surface area (Å²) in [4.78, 5) is 22.0. The van der Waals surface area contributed by atoms with Crippen LogP contribution in [0.25, 0.3) is 0 Å². The van der Waals surface area contributed by atoms with Crippen LogP contribution >= 0.6 is 0 Å². The van der Waals surface area contributed by atoms with Crippen molar-refractivity contribution in [2.24, 2.45) is 5.92 Å². The van der Waals surface area contributed by atoms with Crippen LogP contribution in [0.5, 0.6) is 0 Å². The quantitative estimate of drug-likeness (QED) is 0.937. The molecule has 22 heavy (non-hydrogen) atoms. The number of rotatable bonds is 3. The molecule has 0 bridgehead atoms. The number of aromatic nitrogens is 4. The van der Waals surface area contributed by atoms with E-state index in [0.29, 0.717) is 11.6 Å². The lowest BCUT2D eigenvalue weighted by atomic mass is 9.93. The second kappa shape index (κ2) is 5.59. The third-order valence-electron chi connectivity index (χ3n) is 4.82. The zero-order valence-corrected chi connectivity index (χ0v) is 12.7. The van der Waals surface area contributed by atoms with Crippen molar-refractivity contribution in [2.45, 2.75) is 38.6 Å². The fourth-order valence-electron chi connectivity index (χ4n) is 3.55. The smallest absolute Gasteiger partial charge is 0.274 e. The number of imidazole rings is 1. The molecule has 116 valence electrons. The van der Waals surface area contributed by atoms with E-state index in [4.69, 9.17) is 0 Å². The van der Waals surface area contributed by atoms with Gasteiger partial charge in [-0.25, -0.2) is 4.98 Å². The minimum Gasteiger partial charge on any atom is -0.349 e. The average Bonchev–Trinajstić information content (AvgIpc) is 3.24. The van der Waals surface area contributed by atoms with Gasteiger partial charge in [0.05, 0.1) is 0 Å². The number of likely N-dealkylation sites (tertiary alicyclic amines) is 1. The number of amides is 1. The van der Waals surface area contributed by atoms with Crippen molar-refractivity contribution in [2.75, 3.05) is 13.1 Å². The van der Waals surface area contributed by atoms with E-state index in [1.54, 1.807) is 6.20 Å². The molecule has 2 aromatic heterocycles. The van der Waals surface area contributed by atoms with Gasteiger partial charge in [0.2, 0.25) is 0 Å². The molecule has 2 aliphatic rings. The summed E-state index contributed by atoms with van der Waals surface area (Å²) in [6.45, 7) is 2.60. The molecular formula is C16H21N5O. The van der Waals surface area contributed by atoms with Crippen LogP contribution in [-0.2, 0) is 19.4 Å². The summed E-state index contributed by atoms with van der Waals surface area (Å²) >= 11 is 0. The van der Waals surface area contributed by atoms with Gasteiger partial charge < -0.3 is 9.88 Å². The number of piperidine rings is 1. The van der Waals surface area contributed by atoms with E-state index in [2.05, 4.69) is 15.1 Å². The number of aromatic amines is 1. The van der Waals surface area contributed by atoms with Gasteiger partial charge in [0, 0.05) is 44.1 Å². The minimum atomic E-state index is 0.0957. The molecule has 0 aliphatic carbocycles. The number of fused-ring (bicyclic) bond motifs is 1. The number of hydrogen-bond donors (Lipinski definition) is 1. The topological polar surface area (TPSA) is 66.8 Å². The standard InChI is InChI=1S/C16H21N5O/c22-16(14-11-13-2-1-7-21(13)19-14)20-8-3-12(4-9-20)10-15-17-5-6-18-15/h5-6,11-12H,1-4,7-10H2,(H,17,18). The molecule has 0 unspecified atom stereocenters. The molecule has 6 nitrogen and oxygen atoms in total. The molecule has 0 aromatic carbocycles. The third kappa shape index (κ3) is 2.53. The van der Waals surface area contributed by atoms with Crippen molar-refractivity contribution in [3.05, 3.63) is 35.7 Å². The van der Waals surface area contributed by atoms with Crippen LogP contribution in [0.4, 0.5) is 0 Å². The molecule has 0 radical (unpaired) electrons. The van der Waals surface area contributed by atoms with Gasteiger partial charge in [-0.05, 0) is 37.7 Å². The second-order valence-corrected chi connectivity index (χ2v) is 6.32. The Balaban J connectivity index is 1.35. The maximum absolute atomic E-state index is 12.6. The van der Waals surface area contributed by atoms with Crippen molar-refractivity contribution >= 4 is 5.91 Å². The molecule has 0 spiro atoms. The van der Waals surface area contributed by atoms with Gasteiger partial charge in [0.25, 0.3) is 5.91 Å². The predicted molar refractivity (Wildman–Crippen MR) is 81.5 cm³/mol. The van der Waals surface area contributed by atoms with Gasteiger partial charge in [-0.1, -0.05) is 0 Å². The minimum absolute atomic E-state index is 0.0957. The molecular weight excluding hydrogens is 278 g/mol. The Hall–Kier alpha value is -2.11. The van der Waals surface area contributed by atoms with Crippen LogP contribution in [0.3, 0.4) is 0 Å². The summed E-state index contributed by atoms with van der Waals surface area (Å²) in [7, 11) is 0. The molecule has 2 aliphatic heterocycles. The van der Waals surface area contributed by atoms with Gasteiger partial charge in [-0.2, -0.15) is 5.10 Å². The van der Waals surface area contributed by atoms with Crippen molar-refractivity contribution in [1.82, 2.24) is 24.6 Å². The molecule has 4 rings (SSSR count). The fourth-order valence-corrected chi connectivity index (χ4v) is 3.55. The molecule has 0 saturated carbocycles. The Labute approximate surface area is 129 Å². The van der Waals surface area contributed by atoms with Gasteiger partial charge in [0.15, 0.2) is 5.69 Å². The highest BCUT2D eigenvalue weighted by atomic mass is 16.2. The van der Waals surface area contributed by atoms with Gasteiger partial charge in [-0.3, -0.25) is 9.48 Å². The highest BCUT2D eigenvalue weighted by molar-refractivity contribution is 5.92. The van der Waals surface area contributed by atoms with Crippen LogP contribution in [0.15, 0.2) is 18.5 Å². The molecule has 2 aromatic rings. The first-order chi connectivity index (χ1) is 10.8. The molecule has 6 heteroatoms. The molecule has 4 heterocycles. The number of carbonyl (C=O) groups is 1. The van der Waals surface area contributed by atoms with E-state index < -0.39 is 0 Å². The number of H-pyrrole nitrogens is 1. The fraction of sp³-hybridized carbons (Fsp3) is 0.562. The van der Waals surface area contributed by atoms with E-state index in [0.717, 1.165) is 57.6 Å². The summed E-state index contributed by atoms with van der Waals surface area (Å²) in [5.41, 5.74) is 1.83.